The monoisotopic (exact) mass is 292 g/mol. The van der Waals surface area contributed by atoms with E-state index in [-0.39, 0.29) is 0 Å². The Kier molecular flexibility index (Phi) is 3.94. The smallest absolute Gasteiger partial charge is 0.0541 e. The molecule has 0 amide bonds. The maximum Gasteiger partial charge on any atom is 0.0541 e. The number of rotatable bonds is 4. The first-order chi connectivity index (χ1) is 10.9. The second-order valence-electron chi connectivity index (χ2n) is 6.78. The largest absolute Gasteiger partial charge is 0.307 e. The van der Waals surface area contributed by atoms with Crippen LogP contribution < -0.4 is 5.32 Å². The number of benzene rings is 1. The van der Waals surface area contributed by atoms with Gasteiger partial charge in [-0.1, -0.05) is 49.2 Å². The Bertz CT molecular complexity index is 596. The second-order valence-corrected chi connectivity index (χ2v) is 6.78. The Morgan fingerprint density at radius 2 is 1.68 bits per heavy atom. The van der Waals surface area contributed by atoms with Crippen LogP contribution in [0.5, 0.6) is 0 Å². The lowest BCUT2D eigenvalue weighted by Crippen LogP contribution is -2.57. The van der Waals surface area contributed by atoms with Crippen LogP contribution in [0.3, 0.4) is 0 Å². The zero-order valence-corrected chi connectivity index (χ0v) is 13.0. The molecular weight excluding hydrogens is 268 g/mol. The van der Waals surface area contributed by atoms with Crippen molar-refractivity contribution in [2.45, 2.75) is 44.2 Å². The number of aromatic nitrogens is 1. The predicted octanol–water partition coefficient (Wildman–Crippen LogP) is 4.14. The quantitative estimate of drug-likeness (QED) is 0.916. The van der Waals surface area contributed by atoms with Gasteiger partial charge in [0.2, 0.25) is 0 Å². The highest BCUT2D eigenvalue weighted by Gasteiger charge is 2.50. The van der Waals surface area contributed by atoms with Crippen molar-refractivity contribution in [1.29, 1.82) is 0 Å². The number of nitrogens with zero attached hydrogens (tertiary/aromatic N) is 1. The van der Waals surface area contributed by atoms with Gasteiger partial charge in [-0.25, -0.2) is 0 Å². The van der Waals surface area contributed by atoms with Crippen LogP contribution in [0, 0.1) is 11.8 Å². The van der Waals surface area contributed by atoms with E-state index in [9.17, 15) is 0 Å². The maximum absolute atomic E-state index is 4.45. The van der Waals surface area contributed by atoms with Crippen molar-refractivity contribution in [3.05, 3.63) is 66.0 Å². The third kappa shape index (κ3) is 2.56. The topological polar surface area (TPSA) is 24.9 Å². The van der Waals surface area contributed by atoms with Crippen LogP contribution in [0.25, 0.3) is 0 Å². The molecule has 1 N–H and O–H groups in total. The van der Waals surface area contributed by atoms with Gasteiger partial charge in [-0.15, -0.1) is 0 Å². The van der Waals surface area contributed by atoms with E-state index in [2.05, 4.69) is 52.8 Å². The number of hydrogen-bond acceptors (Lipinski definition) is 2. The van der Waals surface area contributed by atoms with E-state index in [0.29, 0.717) is 12.0 Å². The van der Waals surface area contributed by atoms with E-state index in [4.69, 9.17) is 0 Å². The summed E-state index contributed by atoms with van der Waals surface area (Å²) in [7, 11) is 0. The van der Waals surface area contributed by atoms with Crippen molar-refractivity contribution in [2.24, 2.45) is 11.8 Å². The van der Waals surface area contributed by atoms with E-state index in [1.54, 1.807) is 0 Å². The van der Waals surface area contributed by atoms with Crippen LogP contribution >= 0.6 is 0 Å². The highest BCUT2D eigenvalue weighted by Crippen LogP contribution is 2.54. The number of fused-ring (bicyclic) bond motifs is 1. The third-order valence-electron chi connectivity index (χ3n) is 5.61. The van der Waals surface area contributed by atoms with Crippen LogP contribution in [-0.2, 0) is 6.54 Å². The Balaban J connectivity index is 1.50. The van der Waals surface area contributed by atoms with E-state index >= 15 is 0 Å². The molecule has 1 heterocycles. The molecule has 2 aliphatic carbocycles. The summed E-state index contributed by atoms with van der Waals surface area (Å²) in [5, 5.41) is 3.82. The molecule has 1 aromatic heterocycles. The van der Waals surface area contributed by atoms with Gasteiger partial charge in [-0.3, -0.25) is 4.98 Å². The Morgan fingerprint density at radius 3 is 2.45 bits per heavy atom. The van der Waals surface area contributed by atoms with Crippen molar-refractivity contribution < 1.29 is 0 Å². The Hall–Kier alpha value is -1.67. The zero-order valence-electron chi connectivity index (χ0n) is 13.0. The molecule has 2 fully saturated rings. The minimum atomic E-state index is 0.620. The standard InChI is InChI=1S/C20H24N2/c1-2-8-15(9-3-1)19-17-11-4-5-12-18(17)20(19)22-14-16-10-6-7-13-21-16/h1-3,6-10,13,17-20,22H,4-5,11-12,14H2/t17-,18+,19+,20+/m1/s1. The molecule has 4 rings (SSSR count). The molecule has 2 aliphatic rings. The third-order valence-corrected chi connectivity index (χ3v) is 5.61. The summed E-state index contributed by atoms with van der Waals surface area (Å²) in [6.45, 7) is 0.887. The van der Waals surface area contributed by atoms with E-state index in [1.807, 2.05) is 12.3 Å². The van der Waals surface area contributed by atoms with Gasteiger partial charge in [0.25, 0.3) is 0 Å². The van der Waals surface area contributed by atoms with Gasteiger partial charge in [0.15, 0.2) is 0 Å². The van der Waals surface area contributed by atoms with Crippen molar-refractivity contribution in [2.75, 3.05) is 0 Å². The van der Waals surface area contributed by atoms with Gasteiger partial charge in [0.05, 0.1) is 5.69 Å². The highest BCUT2D eigenvalue weighted by molar-refractivity contribution is 5.28. The number of hydrogen-bond donors (Lipinski definition) is 1. The summed E-state index contributed by atoms with van der Waals surface area (Å²) in [4.78, 5) is 4.45. The summed E-state index contributed by atoms with van der Waals surface area (Å²) >= 11 is 0. The van der Waals surface area contributed by atoms with Crippen LogP contribution in [0.2, 0.25) is 0 Å². The lowest BCUT2D eigenvalue weighted by molar-refractivity contribution is 0.0252. The summed E-state index contributed by atoms with van der Waals surface area (Å²) in [6, 6.07) is 17.9. The highest BCUT2D eigenvalue weighted by atomic mass is 15.0. The average molecular weight is 292 g/mol. The summed E-state index contributed by atoms with van der Waals surface area (Å²) < 4.78 is 0. The first kappa shape index (κ1) is 14.0. The predicted molar refractivity (Wildman–Crippen MR) is 89.5 cm³/mol. The summed E-state index contributed by atoms with van der Waals surface area (Å²) in [5.74, 6) is 2.44. The van der Waals surface area contributed by atoms with Gasteiger partial charge in [0, 0.05) is 24.7 Å². The molecule has 2 saturated carbocycles. The average Bonchev–Trinajstić information content (AvgIpc) is 2.58. The van der Waals surface area contributed by atoms with Crippen LogP contribution in [0.15, 0.2) is 54.7 Å². The first-order valence-electron chi connectivity index (χ1n) is 8.62. The summed E-state index contributed by atoms with van der Waals surface area (Å²) in [5.41, 5.74) is 2.66. The fraction of sp³-hybridized carbons (Fsp3) is 0.450. The molecule has 2 heteroatoms. The lowest BCUT2D eigenvalue weighted by atomic mass is 9.53. The van der Waals surface area contributed by atoms with Gasteiger partial charge in [-0.05, 0) is 42.4 Å². The molecule has 4 atom stereocenters. The molecule has 0 aliphatic heterocycles. The molecule has 2 aromatic rings. The first-order valence-corrected chi connectivity index (χ1v) is 8.62. The maximum atomic E-state index is 4.45. The van der Waals surface area contributed by atoms with Crippen LogP contribution in [-0.4, -0.2) is 11.0 Å². The lowest BCUT2D eigenvalue weighted by Gasteiger charge is -2.55. The molecule has 2 nitrogen and oxygen atoms in total. The van der Waals surface area contributed by atoms with Crippen molar-refractivity contribution >= 4 is 0 Å². The minimum absolute atomic E-state index is 0.620. The molecule has 0 unspecified atom stereocenters. The van der Waals surface area contributed by atoms with Gasteiger partial charge in [-0.2, -0.15) is 0 Å². The molecule has 0 spiro atoms. The van der Waals surface area contributed by atoms with Gasteiger partial charge in [0.1, 0.15) is 0 Å². The van der Waals surface area contributed by atoms with Gasteiger partial charge >= 0.3 is 0 Å². The minimum Gasteiger partial charge on any atom is -0.307 e. The molecular formula is C20H24N2. The number of pyridine rings is 1. The second kappa shape index (κ2) is 6.21. The van der Waals surface area contributed by atoms with E-state index in [1.165, 1.54) is 31.2 Å². The Labute approximate surface area is 133 Å². The normalized spacial score (nSPS) is 30.4. The Morgan fingerprint density at radius 1 is 0.909 bits per heavy atom. The SMILES string of the molecule is c1ccc([C@H]2[C@@H]3CCCC[C@@H]3[C@@H]2NCc2ccccn2)cc1. The fourth-order valence-corrected chi connectivity index (χ4v) is 4.60. The van der Waals surface area contributed by atoms with Crippen LogP contribution in [0.4, 0.5) is 0 Å². The number of nitrogens with one attached hydrogen (secondary N) is 1. The zero-order chi connectivity index (χ0) is 14.8. The van der Waals surface area contributed by atoms with Crippen molar-refractivity contribution in [1.82, 2.24) is 10.3 Å². The van der Waals surface area contributed by atoms with Gasteiger partial charge < -0.3 is 5.32 Å². The molecule has 0 bridgehead atoms. The molecule has 0 saturated heterocycles. The van der Waals surface area contributed by atoms with E-state index < -0.39 is 0 Å². The molecule has 114 valence electrons. The van der Waals surface area contributed by atoms with Crippen molar-refractivity contribution in [3.8, 4) is 0 Å². The summed E-state index contributed by atoms with van der Waals surface area (Å²) in [6.07, 6.45) is 7.51. The fourth-order valence-electron chi connectivity index (χ4n) is 4.60. The van der Waals surface area contributed by atoms with Crippen molar-refractivity contribution in [3.63, 3.8) is 0 Å². The molecule has 1 aromatic carbocycles. The molecule has 0 radical (unpaired) electrons. The van der Waals surface area contributed by atoms with Crippen LogP contribution in [0.1, 0.15) is 42.9 Å². The van der Waals surface area contributed by atoms with E-state index in [0.717, 1.165) is 24.1 Å². The molecule has 22 heavy (non-hydrogen) atoms.